The van der Waals surface area contributed by atoms with Crippen LogP contribution in [0.3, 0.4) is 0 Å². The number of carbonyl (C=O) groups excluding carboxylic acids is 2. The lowest BCUT2D eigenvalue weighted by Gasteiger charge is -2.17. The Bertz CT molecular complexity index is 324. The highest BCUT2D eigenvalue weighted by Crippen LogP contribution is 2.15. The number of aliphatic hydroxyl groups is 2. The van der Waals surface area contributed by atoms with Crippen LogP contribution in [0.25, 0.3) is 0 Å². The Morgan fingerprint density at radius 1 is 0.615 bits per heavy atom. The van der Waals surface area contributed by atoms with Crippen molar-refractivity contribution in [1.82, 2.24) is 0 Å². The quantitative estimate of drug-likeness (QED) is 0.299. The van der Waals surface area contributed by atoms with Gasteiger partial charge in [0.15, 0.2) is 0 Å². The van der Waals surface area contributed by atoms with Crippen LogP contribution in [0.5, 0.6) is 0 Å². The zero-order valence-electron chi connectivity index (χ0n) is 16.6. The SMILES string of the molecule is COC(=O)CCCCCCC[C@@H](O)[C@H](O)CCCCCCCC(=O)OC. The minimum Gasteiger partial charge on any atom is -0.469 e. The number of rotatable bonds is 17. The molecule has 0 aliphatic carbocycles. The van der Waals surface area contributed by atoms with Gasteiger partial charge in [-0.05, 0) is 25.7 Å². The standard InChI is InChI=1S/C20H38O6/c1-25-19(23)15-11-7-3-5-9-13-17(21)18(22)14-10-6-4-8-12-16-20(24)26-2/h17-18,21-22H,3-16H2,1-2H3/t17-,18-/m1/s1. The van der Waals surface area contributed by atoms with Gasteiger partial charge in [0, 0.05) is 12.8 Å². The van der Waals surface area contributed by atoms with Crippen LogP contribution in [0.4, 0.5) is 0 Å². The minimum absolute atomic E-state index is 0.160. The fourth-order valence-corrected chi connectivity index (χ4v) is 2.90. The maximum Gasteiger partial charge on any atom is 0.305 e. The molecule has 0 amide bonds. The number of aliphatic hydroxyl groups excluding tert-OH is 2. The summed E-state index contributed by atoms with van der Waals surface area (Å²) in [6.45, 7) is 0. The second-order valence-electron chi connectivity index (χ2n) is 6.90. The summed E-state index contributed by atoms with van der Waals surface area (Å²) in [5, 5.41) is 20.0. The van der Waals surface area contributed by atoms with Gasteiger partial charge in [0.2, 0.25) is 0 Å². The van der Waals surface area contributed by atoms with Gasteiger partial charge in [-0.3, -0.25) is 9.59 Å². The molecule has 2 N–H and O–H groups in total. The Morgan fingerprint density at radius 3 is 1.27 bits per heavy atom. The normalized spacial score (nSPS) is 13.2. The van der Waals surface area contributed by atoms with Gasteiger partial charge in [-0.15, -0.1) is 0 Å². The van der Waals surface area contributed by atoms with E-state index >= 15 is 0 Å². The zero-order chi connectivity index (χ0) is 19.6. The third kappa shape index (κ3) is 15.1. The van der Waals surface area contributed by atoms with Crippen molar-refractivity contribution < 1.29 is 29.3 Å². The first kappa shape index (κ1) is 24.9. The summed E-state index contributed by atoms with van der Waals surface area (Å²) in [6, 6.07) is 0. The fourth-order valence-electron chi connectivity index (χ4n) is 2.90. The first-order chi connectivity index (χ1) is 12.5. The molecular weight excluding hydrogens is 336 g/mol. The van der Waals surface area contributed by atoms with E-state index in [9.17, 15) is 19.8 Å². The van der Waals surface area contributed by atoms with Gasteiger partial charge < -0.3 is 19.7 Å². The Balaban J connectivity index is 3.44. The van der Waals surface area contributed by atoms with E-state index < -0.39 is 12.2 Å². The minimum atomic E-state index is -0.649. The average Bonchev–Trinajstić information content (AvgIpc) is 2.65. The Labute approximate surface area is 158 Å². The van der Waals surface area contributed by atoms with Crippen LogP contribution >= 0.6 is 0 Å². The highest BCUT2D eigenvalue weighted by Gasteiger charge is 2.15. The lowest BCUT2D eigenvalue weighted by molar-refractivity contribution is -0.141. The van der Waals surface area contributed by atoms with Crippen LogP contribution in [-0.4, -0.2) is 48.6 Å². The first-order valence-corrected chi connectivity index (χ1v) is 10.0. The molecule has 2 atom stereocenters. The molecule has 0 saturated carbocycles. The number of methoxy groups -OCH3 is 2. The Morgan fingerprint density at radius 2 is 0.923 bits per heavy atom. The molecule has 0 aromatic heterocycles. The topological polar surface area (TPSA) is 93.1 Å². The second kappa shape index (κ2) is 17.3. The summed E-state index contributed by atoms with van der Waals surface area (Å²) < 4.78 is 9.18. The summed E-state index contributed by atoms with van der Waals surface area (Å²) >= 11 is 0. The van der Waals surface area contributed by atoms with E-state index in [2.05, 4.69) is 9.47 Å². The third-order valence-electron chi connectivity index (χ3n) is 4.66. The van der Waals surface area contributed by atoms with Gasteiger partial charge in [-0.25, -0.2) is 0 Å². The predicted molar refractivity (Wildman–Crippen MR) is 101 cm³/mol. The van der Waals surface area contributed by atoms with Crippen molar-refractivity contribution in [2.75, 3.05) is 14.2 Å². The van der Waals surface area contributed by atoms with Gasteiger partial charge in [0.05, 0.1) is 26.4 Å². The molecule has 154 valence electrons. The molecule has 0 heterocycles. The highest BCUT2D eigenvalue weighted by molar-refractivity contribution is 5.69. The zero-order valence-corrected chi connectivity index (χ0v) is 16.6. The molecule has 0 aromatic carbocycles. The lowest BCUT2D eigenvalue weighted by atomic mass is 9.99. The van der Waals surface area contributed by atoms with Crippen molar-refractivity contribution in [3.05, 3.63) is 0 Å². The van der Waals surface area contributed by atoms with Crippen LogP contribution in [0, 0.1) is 0 Å². The van der Waals surface area contributed by atoms with E-state index in [1.807, 2.05) is 0 Å². The molecule has 0 aliphatic rings. The van der Waals surface area contributed by atoms with Crippen molar-refractivity contribution >= 4 is 11.9 Å². The van der Waals surface area contributed by atoms with Gasteiger partial charge in [0.1, 0.15) is 0 Å². The Hall–Kier alpha value is -1.14. The number of unbranched alkanes of at least 4 members (excludes halogenated alkanes) is 8. The summed E-state index contributed by atoms with van der Waals surface area (Å²) in [5.41, 5.74) is 0. The van der Waals surface area contributed by atoms with E-state index in [-0.39, 0.29) is 11.9 Å². The van der Waals surface area contributed by atoms with Crippen molar-refractivity contribution in [1.29, 1.82) is 0 Å². The summed E-state index contributed by atoms with van der Waals surface area (Å²) in [6.07, 6.45) is 10.4. The van der Waals surface area contributed by atoms with Crippen LogP contribution in [0.1, 0.15) is 89.9 Å². The Kier molecular flexibility index (Phi) is 16.5. The number of hydrogen-bond acceptors (Lipinski definition) is 6. The number of ether oxygens (including phenoxy) is 2. The van der Waals surface area contributed by atoms with E-state index in [1.54, 1.807) is 0 Å². The first-order valence-electron chi connectivity index (χ1n) is 10.0. The van der Waals surface area contributed by atoms with Crippen LogP contribution in [0.2, 0.25) is 0 Å². The molecule has 0 rings (SSSR count). The van der Waals surface area contributed by atoms with Crippen molar-refractivity contribution in [3.63, 3.8) is 0 Å². The van der Waals surface area contributed by atoms with E-state index in [0.29, 0.717) is 25.7 Å². The summed E-state index contributed by atoms with van der Waals surface area (Å²) in [4.78, 5) is 21.9. The van der Waals surface area contributed by atoms with E-state index in [4.69, 9.17) is 0 Å². The molecule has 26 heavy (non-hydrogen) atoms. The van der Waals surface area contributed by atoms with Crippen LogP contribution in [0.15, 0.2) is 0 Å². The maximum absolute atomic E-state index is 11.0. The number of hydrogen-bond donors (Lipinski definition) is 2. The molecule has 0 bridgehead atoms. The van der Waals surface area contributed by atoms with Gasteiger partial charge >= 0.3 is 11.9 Å². The lowest BCUT2D eigenvalue weighted by Crippen LogP contribution is -2.25. The van der Waals surface area contributed by atoms with Crippen molar-refractivity contribution in [2.45, 2.75) is 102 Å². The molecule has 0 fully saturated rings. The molecule has 0 radical (unpaired) electrons. The van der Waals surface area contributed by atoms with E-state index in [0.717, 1.165) is 64.2 Å². The molecule has 6 nitrogen and oxygen atoms in total. The molecule has 0 saturated heterocycles. The monoisotopic (exact) mass is 374 g/mol. The van der Waals surface area contributed by atoms with Crippen LogP contribution in [-0.2, 0) is 19.1 Å². The molecule has 0 aromatic rings. The largest absolute Gasteiger partial charge is 0.469 e. The molecular formula is C20H38O6. The average molecular weight is 375 g/mol. The molecule has 0 aliphatic heterocycles. The molecule has 6 heteroatoms. The van der Waals surface area contributed by atoms with Crippen LogP contribution < -0.4 is 0 Å². The third-order valence-corrected chi connectivity index (χ3v) is 4.66. The van der Waals surface area contributed by atoms with Crippen molar-refractivity contribution in [3.8, 4) is 0 Å². The maximum atomic E-state index is 11.0. The van der Waals surface area contributed by atoms with E-state index in [1.165, 1.54) is 14.2 Å². The molecule has 0 unspecified atom stereocenters. The predicted octanol–water partition coefficient (Wildman–Crippen LogP) is 3.52. The van der Waals surface area contributed by atoms with Gasteiger partial charge in [-0.2, -0.15) is 0 Å². The number of carbonyl (C=O) groups is 2. The molecule has 0 spiro atoms. The smallest absolute Gasteiger partial charge is 0.305 e. The highest BCUT2D eigenvalue weighted by atomic mass is 16.5. The second-order valence-corrected chi connectivity index (χ2v) is 6.90. The number of esters is 2. The van der Waals surface area contributed by atoms with Gasteiger partial charge in [0.25, 0.3) is 0 Å². The summed E-state index contributed by atoms with van der Waals surface area (Å²) in [7, 11) is 2.81. The van der Waals surface area contributed by atoms with Crippen molar-refractivity contribution in [2.24, 2.45) is 0 Å². The van der Waals surface area contributed by atoms with Gasteiger partial charge in [-0.1, -0.05) is 51.4 Å². The fraction of sp³-hybridized carbons (Fsp3) is 0.900. The summed E-state index contributed by atoms with van der Waals surface area (Å²) in [5.74, 6) is -0.320.